The zero-order valence-corrected chi connectivity index (χ0v) is 15.0. The van der Waals surface area contributed by atoms with Crippen LogP contribution in [0.1, 0.15) is 39.5 Å². The zero-order valence-electron chi connectivity index (χ0n) is 15.0. The van der Waals surface area contributed by atoms with E-state index in [2.05, 4.69) is 0 Å². The summed E-state index contributed by atoms with van der Waals surface area (Å²) < 4.78 is 10.7. The van der Waals surface area contributed by atoms with Gasteiger partial charge in [-0.1, -0.05) is 13.8 Å². The van der Waals surface area contributed by atoms with E-state index in [0.29, 0.717) is 45.7 Å². The van der Waals surface area contributed by atoms with E-state index in [1.807, 2.05) is 13.8 Å². The third kappa shape index (κ3) is 8.69. The fourth-order valence-electron chi connectivity index (χ4n) is 2.17. The molecule has 0 aromatic heterocycles. The first kappa shape index (κ1) is 21.2. The van der Waals surface area contributed by atoms with Crippen LogP contribution in [0.15, 0.2) is 12.2 Å². The van der Waals surface area contributed by atoms with Crippen LogP contribution in [0, 0.1) is 5.92 Å². The van der Waals surface area contributed by atoms with Gasteiger partial charge in [0.05, 0.1) is 19.8 Å². The maximum atomic E-state index is 11.7. The van der Waals surface area contributed by atoms with E-state index in [1.165, 1.54) is 12.2 Å². The second-order valence-corrected chi connectivity index (χ2v) is 6.15. The number of rotatable bonds is 14. The second kappa shape index (κ2) is 11.7. The molecule has 7 nitrogen and oxygen atoms in total. The lowest BCUT2D eigenvalue weighted by atomic mass is 10.1. The molecule has 0 aromatic carbocycles. The Balaban J connectivity index is 1.92. The fraction of sp³-hybridized carbons (Fsp3) is 0.667. The molecule has 0 saturated heterocycles. The minimum Gasteiger partial charge on any atom is -0.379 e. The summed E-state index contributed by atoms with van der Waals surface area (Å²) in [5.74, 6) is -0.505. The predicted molar refractivity (Wildman–Crippen MR) is 90.8 cm³/mol. The summed E-state index contributed by atoms with van der Waals surface area (Å²) in [6.45, 7) is 5.56. The molecule has 0 unspecified atom stereocenters. The summed E-state index contributed by atoms with van der Waals surface area (Å²) in [5.41, 5.74) is 0. The molecule has 1 rings (SSSR count). The largest absolute Gasteiger partial charge is 0.379 e. The van der Waals surface area contributed by atoms with Crippen LogP contribution in [-0.4, -0.2) is 61.3 Å². The average molecular weight is 353 g/mol. The molecule has 0 saturated carbocycles. The molecule has 0 radical (unpaired) electrons. The number of carbonyl (C=O) groups is 4. The molecule has 0 N–H and O–H groups in total. The lowest BCUT2D eigenvalue weighted by Crippen LogP contribution is -2.32. The van der Waals surface area contributed by atoms with Gasteiger partial charge in [0.25, 0.3) is 11.8 Å². The third-order valence-electron chi connectivity index (χ3n) is 3.77. The summed E-state index contributed by atoms with van der Waals surface area (Å²) in [5, 5.41) is 0. The van der Waals surface area contributed by atoms with Crippen molar-refractivity contribution in [2.24, 2.45) is 5.92 Å². The summed E-state index contributed by atoms with van der Waals surface area (Å²) in [4.78, 5) is 46.8. The van der Waals surface area contributed by atoms with Crippen LogP contribution < -0.4 is 0 Å². The van der Waals surface area contributed by atoms with E-state index in [4.69, 9.17) is 9.47 Å². The quantitative estimate of drug-likeness (QED) is 0.345. The first-order valence-electron chi connectivity index (χ1n) is 8.65. The van der Waals surface area contributed by atoms with Crippen molar-refractivity contribution in [1.29, 1.82) is 0 Å². The van der Waals surface area contributed by atoms with Gasteiger partial charge in [0.2, 0.25) is 0 Å². The Labute approximate surface area is 148 Å². The Morgan fingerprint density at radius 3 is 2.12 bits per heavy atom. The summed E-state index contributed by atoms with van der Waals surface area (Å²) in [6.07, 6.45) is 3.96. The van der Waals surface area contributed by atoms with Crippen molar-refractivity contribution >= 4 is 23.4 Å². The van der Waals surface area contributed by atoms with Crippen LogP contribution in [-0.2, 0) is 28.7 Å². The van der Waals surface area contributed by atoms with E-state index in [9.17, 15) is 19.2 Å². The number of nitrogens with zero attached hydrogens (tertiary/aromatic N) is 1. The Morgan fingerprint density at radius 1 is 0.920 bits per heavy atom. The fourth-order valence-corrected chi connectivity index (χ4v) is 2.17. The highest BCUT2D eigenvalue weighted by Gasteiger charge is 2.23. The van der Waals surface area contributed by atoms with E-state index >= 15 is 0 Å². The molecular weight excluding hydrogens is 326 g/mol. The number of hydrogen-bond acceptors (Lipinski definition) is 6. The number of ether oxygens (including phenoxy) is 2. The van der Waals surface area contributed by atoms with Gasteiger partial charge in [-0.05, 0) is 6.42 Å². The summed E-state index contributed by atoms with van der Waals surface area (Å²) in [6, 6.07) is 0. The monoisotopic (exact) mass is 353 g/mol. The van der Waals surface area contributed by atoms with Crippen LogP contribution in [0.4, 0.5) is 0 Å². The summed E-state index contributed by atoms with van der Waals surface area (Å²) in [7, 11) is 0. The van der Waals surface area contributed by atoms with Crippen molar-refractivity contribution in [1.82, 2.24) is 4.90 Å². The summed E-state index contributed by atoms with van der Waals surface area (Å²) >= 11 is 0. The topological polar surface area (TPSA) is 90.0 Å². The van der Waals surface area contributed by atoms with E-state index in [0.717, 1.165) is 4.90 Å². The smallest absolute Gasteiger partial charge is 0.253 e. The lowest BCUT2D eigenvalue weighted by Gasteiger charge is -2.12. The number of amides is 2. The molecule has 140 valence electrons. The van der Waals surface area contributed by atoms with Gasteiger partial charge in [-0.3, -0.25) is 24.1 Å². The van der Waals surface area contributed by atoms with Crippen molar-refractivity contribution in [2.75, 3.05) is 33.0 Å². The minimum atomic E-state index is -0.365. The van der Waals surface area contributed by atoms with E-state index in [-0.39, 0.29) is 42.3 Å². The minimum absolute atomic E-state index is 0.000419. The van der Waals surface area contributed by atoms with E-state index in [1.54, 1.807) is 0 Å². The van der Waals surface area contributed by atoms with Gasteiger partial charge in [-0.2, -0.15) is 0 Å². The first-order valence-corrected chi connectivity index (χ1v) is 8.65. The molecule has 0 aliphatic carbocycles. The zero-order chi connectivity index (χ0) is 18.7. The molecule has 0 atom stereocenters. The molecule has 0 spiro atoms. The molecule has 0 aromatic rings. The second-order valence-electron chi connectivity index (χ2n) is 6.15. The van der Waals surface area contributed by atoms with Gasteiger partial charge < -0.3 is 9.47 Å². The average Bonchev–Trinajstić information content (AvgIpc) is 2.89. The van der Waals surface area contributed by atoms with Crippen LogP contribution in [0.25, 0.3) is 0 Å². The first-order chi connectivity index (χ1) is 11.9. The van der Waals surface area contributed by atoms with Crippen LogP contribution in [0.5, 0.6) is 0 Å². The Morgan fingerprint density at radius 2 is 1.52 bits per heavy atom. The number of imide groups is 1. The molecule has 25 heavy (non-hydrogen) atoms. The number of ketones is 2. The standard InChI is InChI=1S/C18H27NO6/c1-14(2)16(21)8-11-25-13-12-24-10-3-4-15(20)7-9-19-17(22)5-6-18(19)23/h5-6,14H,3-4,7-13H2,1-2H3. The maximum absolute atomic E-state index is 11.7. The van der Waals surface area contributed by atoms with E-state index < -0.39 is 0 Å². The van der Waals surface area contributed by atoms with Crippen molar-refractivity contribution in [3.63, 3.8) is 0 Å². The van der Waals surface area contributed by atoms with Crippen molar-refractivity contribution in [3.8, 4) is 0 Å². The number of carbonyl (C=O) groups excluding carboxylic acids is 4. The Bertz CT molecular complexity index is 494. The Hall–Kier alpha value is -1.86. The number of Topliss-reactive ketones (excluding diaryl/α,β-unsaturated/α-hetero) is 2. The van der Waals surface area contributed by atoms with Crippen molar-refractivity contribution in [2.45, 2.75) is 39.5 Å². The highest BCUT2D eigenvalue weighted by atomic mass is 16.5. The Kier molecular flexibility index (Phi) is 9.87. The molecule has 1 heterocycles. The van der Waals surface area contributed by atoms with Crippen LogP contribution in [0.3, 0.4) is 0 Å². The molecule has 1 aliphatic heterocycles. The van der Waals surface area contributed by atoms with Gasteiger partial charge in [-0.15, -0.1) is 0 Å². The molecule has 0 fully saturated rings. The highest BCUT2D eigenvalue weighted by molar-refractivity contribution is 6.13. The molecule has 1 aliphatic rings. The van der Waals surface area contributed by atoms with Crippen molar-refractivity contribution < 1.29 is 28.7 Å². The normalized spacial score (nSPS) is 14.0. The lowest BCUT2D eigenvalue weighted by molar-refractivity contribution is -0.137. The molecule has 2 amide bonds. The molecule has 7 heteroatoms. The SMILES string of the molecule is CC(C)C(=O)CCOCCOCCCC(=O)CCN1C(=O)C=CC1=O. The van der Waals surface area contributed by atoms with Crippen LogP contribution >= 0.6 is 0 Å². The van der Waals surface area contributed by atoms with Gasteiger partial charge in [0.1, 0.15) is 11.6 Å². The van der Waals surface area contributed by atoms with Gasteiger partial charge in [0, 0.05) is 50.5 Å². The maximum Gasteiger partial charge on any atom is 0.253 e. The molecular formula is C18H27NO6. The van der Waals surface area contributed by atoms with Gasteiger partial charge in [-0.25, -0.2) is 0 Å². The highest BCUT2D eigenvalue weighted by Crippen LogP contribution is 2.06. The third-order valence-corrected chi connectivity index (χ3v) is 3.77. The van der Waals surface area contributed by atoms with Crippen molar-refractivity contribution in [3.05, 3.63) is 12.2 Å². The molecule has 0 bridgehead atoms. The predicted octanol–water partition coefficient (Wildman–Crippen LogP) is 1.30. The van der Waals surface area contributed by atoms with Crippen LogP contribution in [0.2, 0.25) is 0 Å². The van der Waals surface area contributed by atoms with Gasteiger partial charge >= 0.3 is 0 Å². The van der Waals surface area contributed by atoms with Gasteiger partial charge in [0.15, 0.2) is 0 Å². The number of hydrogen-bond donors (Lipinski definition) is 0.